The third-order valence-corrected chi connectivity index (χ3v) is 3.79. The first-order chi connectivity index (χ1) is 7.94. The van der Waals surface area contributed by atoms with Crippen LogP contribution in [-0.4, -0.2) is 18.3 Å². The van der Waals surface area contributed by atoms with E-state index in [9.17, 15) is 0 Å². The Labute approximate surface area is 104 Å². The van der Waals surface area contributed by atoms with Crippen LogP contribution in [-0.2, 0) is 17.7 Å². The van der Waals surface area contributed by atoms with Gasteiger partial charge in [-0.3, -0.25) is 0 Å². The highest BCUT2D eigenvalue weighted by Crippen LogP contribution is 2.40. The lowest BCUT2D eigenvalue weighted by Crippen LogP contribution is -2.30. The van der Waals surface area contributed by atoms with Gasteiger partial charge in [-0.2, -0.15) is 0 Å². The van der Waals surface area contributed by atoms with Crippen molar-refractivity contribution in [2.45, 2.75) is 46.2 Å². The number of aromatic nitrogens is 1. The van der Waals surface area contributed by atoms with Crippen molar-refractivity contribution in [2.24, 2.45) is 11.1 Å². The van der Waals surface area contributed by atoms with Crippen LogP contribution < -0.4 is 5.73 Å². The first kappa shape index (κ1) is 12.7. The standard InChI is InChI=1S/C14H24N2O/c1-10-7-11-12(15)8-14(2,3)9-13(11)16(10)5-6-17-4/h7,12H,5-6,8-9,15H2,1-4H3. The highest BCUT2D eigenvalue weighted by Gasteiger charge is 2.33. The number of hydrogen-bond acceptors (Lipinski definition) is 2. The lowest BCUT2D eigenvalue weighted by Gasteiger charge is -2.34. The molecule has 17 heavy (non-hydrogen) atoms. The Hall–Kier alpha value is -0.800. The Bertz CT molecular complexity index is 407. The Morgan fingerprint density at radius 3 is 2.88 bits per heavy atom. The second-order valence-corrected chi connectivity index (χ2v) is 5.98. The van der Waals surface area contributed by atoms with E-state index in [4.69, 9.17) is 10.5 Å². The van der Waals surface area contributed by atoms with Crippen molar-refractivity contribution in [2.75, 3.05) is 13.7 Å². The number of rotatable bonds is 3. The molecule has 1 unspecified atom stereocenters. The summed E-state index contributed by atoms with van der Waals surface area (Å²) in [6, 6.07) is 2.45. The van der Waals surface area contributed by atoms with Gasteiger partial charge in [0.25, 0.3) is 0 Å². The van der Waals surface area contributed by atoms with E-state index in [1.165, 1.54) is 17.0 Å². The molecule has 0 bridgehead atoms. The van der Waals surface area contributed by atoms with Gasteiger partial charge in [-0.05, 0) is 36.8 Å². The van der Waals surface area contributed by atoms with Crippen LogP contribution in [0.4, 0.5) is 0 Å². The third kappa shape index (κ3) is 2.40. The number of methoxy groups -OCH3 is 1. The van der Waals surface area contributed by atoms with Gasteiger partial charge in [0, 0.05) is 31.1 Å². The first-order valence-electron chi connectivity index (χ1n) is 6.38. The zero-order valence-electron chi connectivity index (χ0n) is 11.4. The summed E-state index contributed by atoms with van der Waals surface area (Å²) in [6.45, 7) is 8.46. The van der Waals surface area contributed by atoms with Crippen molar-refractivity contribution in [3.63, 3.8) is 0 Å². The molecule has 0 aromatic carbocycles. The fourth-order valence-electron chi connectivity index (χ4n) is 3.00. The van der Waals surface area contributed by atoms with Gasteiger partial charge in [-0.15, -0.1) is 0 Å². The second-order valence-electron chi connectivity index (χ2n) is 5.98. The fraction of sp³-hybridized carbons (Fsp3) is 0.714. The Morgan fingerprint density at radius 2 is 2.24 bits per heavy atom. The number of ether oxygens (including phenoxy) is 1. The van der Waals surface area contributed by atoms with Gasteiger partial charge in [0.15, 0.2) is 0 Å². The molecule has 2 N–H and O–H groups in total. The van der Waals surface area contributed by atoms with E-state index in [0.717, 1.165) is 26.0 Å². The van der Waals surface area contributed by atoms with Gasteiger partial charge in [-0.25, -0.2) is 0 Å². The summed E-state index contributed by atoms with van der Waals surface area (Å²) in [4.78, 5) is 0. The van der Waals surface area contributed by atoms with Gasteiger partial charge in [0.2, 0.25) is 0 Å². The maximum absolute atomic E-state index is 6.29. The van der Waals surface area contributed by atoms with Crippen LogP contribution in [0.15, 0.2) is 6.07 Å². The smallest absolute Gasteiger partial charge is 0.0641 e. The molecule has 3 nitrogen and oxygen atoms in total. The topological polar surface area (TPSA) is 40.2 Å². The van der Waals surface area contributed by atoms with Gasteiger partial charge in [-0.1, -0.05) is 13.8 Å². The minimum atomic E-state index is 0.191. The van der Waals surface area contributed by atoms with E-state index in [1.54, 1.807) is 7.11 Å². The summed E-state index contributed by atoms with van der Waals surface area (Å²) in [6.07, 6.45) is 2.20. The van der Waals surface area contributed by atoms with Crippen LogP contribution in [0.25, 0.3) is 0 Å². The molecular weight excluding hydrogens is 212 g/mol. The summed E-state index contributed by atoms with van der Waals surface area (Å²) < 4.78 is 7.56. The van der Waals surface area contributed by atoms with Crippen molar-refractivity contribution in [1.29, 1.82) is 0 Å². The highest BCUT2D eigenvalue weighted by atomic mass is 16.5. The number of nitrogens with two attached hydrogens (primary N) is 1. The first-order valence-corrected chi connectivity index (χ1v) is 6.38. The van der Waals surface area contributed by atoms with Crippen molar-refractivity contribution >= 4 is 0 Å². The molecule has 0 radical (unpaired) electrons. The second kappa shape index (κ2) is 4.46. The lowest BCUT2D eigenvalue weighted by atomic mass is 9.74. The van der Waals surface area contributed by atoms with Crippen LogP contribution in [0.2, 0.25) is 0 Å². The molecule has 1 aliphatic rings. The molecule has 0 fully saturated rings. The molecule has 2 rings (SSSR count). The summed E-state index contributed by atoms with van der Waals surface area (Å²) in [7, 11) is 1.75. The summed E-state index contributed by atoms with van der Waals surface area (Å²) in [5, 5.41) is 0. The van der Waals surface area contributed by atoms with E-state index in [2.05, 4.69) is 31.4 Å². The van der Waals surface area contributed by atoms with Gasteiger partial charge in [0.05, 0.1) is 6.61 Å². The van der Waals surface area contributed by atoms with E-state index in [1.807, 2.05) is 0 Å². The van der Waals surface area contributed by atoms with E-state index < -0.39 is 0 Å². The maximum atomic E-state index is 6.29. The molecular formula is C14H24N2O. The lowest BCUT2D eigenvalue weighted by molar-refractivity contribution is 0.183. The SMILES string of the molecule is COCCn1c(C)cc2c1CC(C)(C)CC2N. The predicted molar refractivity (Wildman–Crippen MR) is 70.1 cm³/mol. The van der Waals surface area contributed by atoms with E-state index in [0.29, 0.717) is 5.41 Å². The quantitative estimate of drug-likeness (QED) is 0.875. The molecule has 0 amide bonds. The van der Waals surface area contributed by atoms with Crippen LogP contribution in [0.1, 0.15) is 43.3 Å². The molecule has 0 spiro atoms. The summed E-state index contributed by atoms with van der Waals surface area (Å²) in [5.41, 5.74) is 10.7. The Kier molecular flexibility index (Phi) is 3.32. The average Bonchev–Trinajstić information content (AvgIpc) is 2.51. The minimum absolute atomic E-state index is 0.191. The molecule has 1 aromatic heterocycles. The van der Waals surface area contributed by atoms with E-state index >= 15 is 0 Å². The molecule has 1 aromatic rings. The number of hydrogen-bond donors (Lipinski definition) is 1. The Balaban J connectivity index is 2.36. The molecule has 0 saturated carbocycles. The molecule has 0 aliphatic heterocycles. The van der Waals surface area contributed by atoms with Gasteiger partial charge in [0.1, 0.15) is 0 Å². The van der Waals surface area contributed by atoms with Crippen LogP contribution >= 0.6 is 0 Å². The van der Waals surface area contributed by atoms with Crippen LogP contribution in [0.5, 0.6) is 0 Å². The van der Waals surface area contributed by atoms with Crippen molar-refractivity contribution in [3.05, 3.63) is 23.0 Å². The third-order valence-electron chi connectivity index (χ3n) is 3.79. The predicted octanol–water partition coefficient (Wildman–Crippen LogP) is 2.42. The average molecular weight is 236 g/mol. The van der Waals surface area contributed by atoms with E-state index in [-0.39, 0.29) is 6.04 Å². The Morgan fingerprint density at radius 1 is 1.53 bits per heavy atom. The van der Waals surface area contributed by atoms with Gasteiger partial charge >= 0.3 is 0 Å². The molecule has 3 heteroatoms. The van der Waals surface area contributed by atoms with Crippen molar-refractivity contribution in [3.8, 4) is 0 Å². The normalized spacial score (nSPS) is 22.5. The number of nitrogens with zero attached hydrogens (tertiary/aromatic N) is 1. The zero-order valence-corrected chi connectivity index (χ0v) is 11.4. The van der Waals surface area contributed by atoms with Crippen molar-refractivity contribution < 1.29 is 4.74 Å². The van der Waals surface area contributed by atoms with Crippen LogP contribution in [0, 0.1) is 12.3 Å². The molecule has 1 atom stereocenters. The number of fused-ring (bicyclic) bond motifs is 1. The largest absolute Gasteiger partial charge is 0.383 e. The van der Waals surface area contributed by atoms with Crippen LogP contribution in [0.3, 0.4) is 0 Å². The fourth-order valence-corrected chi connectivity index (χ4v) is 3.00. The summed E-state index contributed by atoms with van der Waals surface area (Å²) in [5.74, 6) is 0. The van der Waals surface area contributed by atoms with Crippen molar-refractivity contribution in [1.82, 2.24) is 4.57 Å². The molecule has 96 valence electrons. The monoisotopic (exact) mass is 236 g/mol. The maximum Gasteiger partial charge on any atom is 0.0641 e. The molecule has 1 heterocycles. The molecule has 1 aliphatic carbocycles. The number of aryl methyl sites for hydroxylation is 1. The highest BCUT2D eigenvalue weighted by molar-refractivity contribution is 5.34. The molecule has 0 saturated heterocycles. The summed E-state index contributed by atoms with van der Waals surface area (Å²) >= 11 is 0. The zero-order chi connectivity index (χ0) is 12.6. The minimum Gasteiger partial charge on any atom is -0.383 e. The van der Waals surface area contributed by atoms with Gasteiger partial charge < -0.3 is 15.0 Å².